The van der Waals surface area contributed by atoms with E-state index in [4.69, 9.17) is 19.2 Å². The summed E-state index contributed by atoms with van der Waals surface area (Å²) in [5.74, 6) is 0.496. The lowest BCUT2D eigenvalue weighted by molar-refractivity contribution is -0.137. The van der Waals surface area contributed by atoms with Gasteiger partial charge in [0.25, 0.3) is 10.0 Å². The molecule has 3 aromatic carbocycles. The Morgan fingerprint density at radius 3 is 1.83 bits per heavy atom. The summed E-state index contributed by atoms with van der Waals surface area (Å²) in [4.78, 5) is 72.4. The summed E-state index contributed by atoms with van der Waals surface area (Å²) in [7, 11) is 1.47. The van der Waals surface area contributed by atoms with Gasteiger partial charge < -0.3 is 44.4 Å². The fourth-order valence-electron chi connectivity index (χ4n) is 9.14. The second kappa shape index (κ2) is 19.4. The minimum atomic E-state index is -4.18. The van der Waals surface area contributed by atoms with E-state index < -0.39 is 40.3 Å². The number of aromatic nitrogens is 5. The number of rotatable bonds is 16. The van der Waals surface area contributed by atoms with E-state index in [1.54, 1.807) is 52.5 Å². The molecule has 4 amide bonds. The number of nitrogens with one attached hydrogen (secondary N) is 3. The molecule has 0 unspecified atom stereocenters. The van der Waals surface area contributed by atoms with Gasteiger partial charge in [-0.15, -0.1) is 0 Å². The van der Waals surface area contributed by atoms with Crippen molar-refractivity contribution in [3.05, 3.63) is 90.8 Å². The highest BCUT2D eigenvalue weighted by Gasteiger charge is 2.39. The molecule has 0 spiro atoms. The largest absolute Gasteiger partial charge is 0.465 e. The first-order chi connectivity index (χ1) is 31.9. The van der Waals surface area contributed by atoms with Crippen LogP contribution in [0.5, 0.6) is 0 Å². The van der Waals surface area contributed by atoms with E-state index in [0.717, 1.165) is 11.3 Å². The lowest BCUT2D eigenvalue weighted by Crippen LogP contribution is -2.49. The van der Waals surface area contributed by atoms with E-state index >= 15 is 0 Å². The third-order valence-electron chi connectivity index (χ3n) is 12.6. The Morgan fingerprint density at radius 1 is 0.788 bits per heavy atom. The van der Waals surface area contributed by atoms with Gasteiger partial charge in [0.15, 0.2) is 0 Å². The molecule has 0 aliphatic carbocycles. The first kappa shape index (κ1) is 45.8. The van der Waals surface area contributed by atoms with Crippen LogP contribution in [-0.2, 0) is 33.8 Å². The van der Waals surface area contributed by atoms with Crippen LogP contribution in [0, 0.1) is 0 Å². The maximum atomic E-state index is 14.8. The molecule has 6 aromatic rings. The number of hydrogen-bond acceptors (Lipinski definition) is 11. The fourth-order valence-corrected chi connectivity index (χ4v) is 10.7. The van der Waals surface area contributed by atoms with E-state index in [9.17, 15) is 32.7 Å². The van der Waals surface area contributed by atoms with E-state index in [-0.39, 0.29) is 48.8 Å². The number of hydrogen-bond donors (Lipinski definition) is 4. The molecule has 4 N–H and O–H groups in total. The van der Waals surface area contributed by atoms with Crippen molar-refractivity contribution in [3.63, 3.8) is 0 Å². The van der Waals surface area contributed by atoms with Gasteiger partial charge in [0.05, 0.1) is 58.9 Å². The Bertz CT molecular complexity index is 2860. The minimum Gasteiger partial charge on any atom is -0.465 e. The number of carboxylic acid groups (broad SMARTS) is 1. The summed E-state index contributed by atoms with van der Waals surface area (Å²) in [6.07, 6.45) is 4.56. The third kappa shape index (κ3) is 8.82. The maximum Gasteiger partial charge on any atom is 0.407 e. The van der Waals surface area contributed by atoms with E-state index in [1.807, 2.05) is 36.4 Å². The second-order valence-corrected chi connectivity index (χ2v) is 18.2. The van der Waals surface area contributed by atoms with Crippen LogP contribution in [0.1, 0.15) is 62.3 Å². The highest BCUT2D eigenvalue weighted by molar-refractivity contribution is 7.90. The van der Waals surface area contributed by atoms with Crippen molar-refractivity contribution in [2.24, 2.45) is 0 Å². The Kier molecular flexibility index (Phi) is 13.4. The van der Waals surface area contributed by atoms with Crippen LogP contribution < -0.4 is 5.32 Å². The standard InChI is InChI=1S/C46H53N9O10S/c1-52(46(59)60)38(19-23-64-3)44(57)54-21-9-13-37(54)42-48-27-35(50-42)29-15-17-32-31-16-14-28(24-39(31)55(40(32)25-29)66(61,62)30-10-6-5-7-11-30)34-26-47-41(49-34)36-12-8-20-53(36)43(56)33(18-22-63-2)51-45(58)65-4/h5-7,10-11,14-17,24-27,33,36-38H,8-9,12-13,18-23H2,1-4H3,(H,47,49)(H,48,50)(H,51,58)(H,59,60)/t33-,36-,37-,38-/m0/s1. The van der Waals surface area contributed by atoms with Crippen molar-refractivity contribution in [3.8, 4) is 22.5 Å². The quantitative estimate of drug-likeness (QED) is 0.0887. The van der Waals surface area contributed by atoms with E-state index in [2.05, 4.69) is 20.3 Å². The molecule has 3 aromatic heterocycles. The molecule has 2 fully saturated rings. The zero-order valence-corrected chi connectivity index (χ0v) is 37.9. The first-order valence-corrected chi connectivity index (χ1v) is 23.2. The Balaban J connectivity index is 1.14. The van der Waals surface area contributed by atoms with Gasteiger partial charge in [-0.3, -0.25) is 14.5 Å². The van der Waals surface area contributed by atoms with Crippen molar-refractivity contribution in [1.82, 2.24) is 43.9 Å². The smallest absolute Gasteiger partial charge is 0.407 e. The van der Waals surface area contributed by atoms with Crippen molar-refractivity contribution >= 4 is 55.8 Å². The van der Waals surface area contributed by atoms with Gasteiger partial charge in [-0.1, -0.05) is 42.5 Å². The minimum absolute atomic E-state index is 0.104. The molecule has 2 aliphatic heterocycles. The molecule has 0 bridgehead atoms. The molecule has 0 radical (unpaired) electrons. The number of nitrogens with zero attached hydrogens (tertiary/aromatic N) is 6. The van der Waals surface area contributed by atoms with Crippen LogP contribution in [-0.4, -0.2) is 143 Å². The number of benzene rings is 3. The number of carbonyl (C=O) groups excluding carboxylic acids is 3. The number of imidazole rings is 2. The Morgan fingerprint density at radius 2 is 1.32 bits per heavy atom. The summed E-state index contributed by atoms with van der Waals surface area (Å²) in [6, 6.07) is 16.8. The molecule has 8 rings (SSSR count). The van der Waals surface area contributed by atoms with Crippen LogP contribution in [0.3, 0.4) is 0 Å². The molecule has 4 atom stereocenters. The van der Waals surface area contributed by atoms with Gasteiger partial charge in [0, 0.05) is 82.3 Å². The molecule has 2 aliphatic rings. The number of aromatic amines is 2. The van der Waals surface area contributed by atoms with Crippen molar-refractivity contribution in [2.45, 2.75) is 67.6 Å². The number of alkyl carbamates (subject to hydrolysis) is 1. The number of H-pyrrole nitrogens is 2. The molecule has 66 heavy (non-hydrogen) atoms. The van der Waals surface area contributed by atoms with Gasteiger partial charge in [-0.05, 0) is 49.9 Å². The predicted octanol–water partition coefficient (Wildman–Crippen LogP) is 5.91. The van der Waals surface area contributed by atoms with E-state index in [1.165, 1.54) is 32.3 Å². The number of fused-ring (bicyclic) bond motifs is 3. The number of likely N-dealkylation sites (N-methyl/N-ethyl adjacent to an activating group) is 1. The summed E-state index contributed by atoms with van der Waals surface area (Å²) in [5, 5.41) is 13.8. The predicted molar refractivity (Wildman–Crippen MR) is 243 cm³/mol. The lowest BCUT2D eigenvalue weighted by atomic mass is 10.1. The van der Waals surface area contributed by atoms with Gasteiger partial charge in [-0.2, -0.15) is 0 Å². The number of amides is 4. The third-order valence-corrected chi connectivity index (χ3v) is 14.3. The summed E-state index contributed by atoms with van der Waals surface area (Å²) in [5.41, 5.74) is 3.43. The second-order valence-electron chi connectivity index (χ2n) is 16.5. The SMILES string of the molecule is COCC[C@H](NC(=O)OC)C(=O)N1CCC[C@H]1c1ncc(-c2ccc3c4ccc(-c5cnc([C@@H]6CCCN6C(=O)[C@H](CCOC)N(C)C(=O)O)[nH]5)cc4n(S(=O)(=O)c4ccccc4)c3c2)[nH]1. The van der Waals surface area contributed by atoms with Gasteiger partial charge in [0.1, 0.15) is 23.7 Å². The highest BCUT2D eigenvalue weighted by atomic mass is 32.2. The zero-order valence-electron chi connectivity index (χ0n) is 37.1. The fraction of sp³-hybridized carbons (Fsp3) is 0.391. The van der Waals surface area contributed by atoms with Gasteiger partial charge in [0.2, 0.25) is 11.8 Å². The van der Waals surface area contributed by atoms with Crippen LogP contribution in [0.4, 0.5) is 9.59 Å². The van der Waals surface area contributed by atoms with Crippen molar-refractivity contribution < 1.29 is 46.9 Å². The number of likely N-dealkylation sites (tertiary alicyclic amines) is 2. The average molecular weight is 924 g/mol. The molecule has 2 saturated heterocycles. The monoisotopic (exact) mass is 923 g/mol. The van der Waals surface area contributed by atoms with Crippen LogP contribution in [0.25, 0.3) is 44.3 Å². The Hall–Kier alpha value is -6.77. The summed E-state index contributed by atoms with van der Waals surface area (Å²) in [6.45, 7) is 1.37. The first-order valence-electron chi connectivity index (χ1n) is 21.7. The molecular formula is C46H53N9O10S. The summed E-state index contributed by atoms with van der Waals surface area (Å²) >= 11 is 0. The average Bonchev–Trinajstić information content (AvgIpc) is 4.19. The molecule has 0 saturated carbocycles. The molecule has 348 valence electrons. The maximum absolute atomic E-state index is 14.8. The van der Waals surface area contributed by atoms with Crippen LogP contribution in [0.15, 0.2) is 84.0 Å². The van der Waals surface area contributed by atoms with Crippen LogP contribution in [0.2, 0.25) is 0 Å². The molecular weight excluding hydrogens is 871 g/mol. The van der Waals surface area contributed by atoms with Crippen LogP contribution >= 0.6 is 0 Å². The topological polar surface area (TPSA) is 234 Å². The number of carbonyl (C=O) groups is 4. The normalized spacial score (nSPS) is 17.3. The van der Waals surface area contributed by atoms with Gasteiger partial charge >= 0.3 is 12.2 Å². The Labute approximate surface area is 381 Å². The number of methoxy groups -OCH3 is 3. The lowest BCUT2D eigenvalue weighted by Gasteiger charge is -2.31. The molecule has 19 nitrogen and oxygen atoms in total. The molecule has 20 heteroatoms. The number of ether oxygens (including phenoxy) is 3. The molecule has 5 heterocycles. The van der Waals surface area contributed by atoms with E-state index in [0.29, 0.717) is 88.3 Å². The van der Waals surface area contributed by atoms with Gasteiger partial charge in [-0.25, -0.2) is 31.9 Å². The van der Waals surface area contributed by atoms with Crippen molar-refractivity contribution in [2.75, 3.05) is 54.7 Å². The highest BCUT2D eigenvalue weighted by Crippen LogP contribution is 2.39. The zero-order chi connectivity index (χ0) is 46.7. The summed E-state index contributed by atoms with van der Waals surface area (Å²) < 4.78 is 46.0. The van der Waals surface area contributed by atoms with Crippen molar-refractivity contribution in [1.29, 1.82) is 0 Å².